The van der Waals surface area contributed by atoms with Gasteiger partial charge in [-0.3, -0.25) is 0 Å². The van der Waals surface area contributed by atoms with Gasteiger partial charge in [0.05, 0.1) is 12.7 Å². The molecule has 0 spiro atoms. The summed E-state index contributed by atoms with van der Waals surface area (Å²) in [7, 11) is 0. The molecular formula is C11H10F2O3. The lowest BCUT2D eigenvalue weighted by Gasteiger charge is -2.01. The standard InChI is InChI=1S/C11H10F2O3/c1-2-16-11(15)6-10(14)7-3-8(12)5-9(13)4-7/h3-6,14H,2H2,1H3. The number of aliphatic hydroxyl groups is 1. The van der Waals surface area contributed by atoms with Crippen LogP contribution in [0.15, 0.2) is 24.3 Å². The van der Waals surface area contributed by atoms with Crippen LogP contribution in [-0.2, 0) is 9.53 Å². The molecule has 0 aliphatic carbocycles. The third-order valence-corrected chi connectivity index (χ3v) is 1.70. The van der Waals surface area contributed by atoms with Crippen molar-refractivity contribution < 1.29 is 23.4 Å². The Balaban J connectivity index is 2.95. The van der Waals surface area contributed by atoms with Gasteiger partial charge in [-0.1, -0.05) is 0 Å². The number of benzene rings is 1. The smallest absolute Gasteiger partial charge is 0.334 e. The highest BCUT2D eigenvalue weighted by atomic mass is 19.1. The fraction of sp³-hybridized carbons (Fsp3) is 0.182. The van der Waals surface area contributed by atoms with Crippen molar-refractivity contribution in [3.05, 3.63) is 41.5 Å². The van der Waals surface area contributed by atoms with Gasteiger partial charge in [0.1, 0.15) is 17.4 Å². The summed E-state index contributed by atoms with van der Waals surface area (Å²) in [5.41, 5.74) is -0.120. The van der Waals surface area contributed by atoms with E-state index < -0.39 is 23.4 Å². The Morgan fingerprint density at radius 3 is 2.44 bits per heavy atom. The summed E-state index contributed by atoms with van der Waals surface area (Å²) >= 11 is 0. The second kappa shape index (κ2) is 5.25. The van der Waals surface area contributed by atoms with E-state index in [0.717, 1.165) is 18.2 Å². The molecule has 0 aliphatic heterocycles. The topological polar surface area (TPSA) is 46.5 Å². The number of halogens is 2. The molecule has 0 saturated carbocycles. The number of carbonyl (C=O) groups excluding carboxylic acids is 1. The van der Waals surface area contributed by atoms with E-state index in [1.54, 1.807) is 6.92 Å². The van der Waals surface area contributed by atoms with Crippen LogP contribution in [0, 0.1) is 11.6 Å². The number of esters is 1. The largest absolute Gasteiger partial charge is 0.507 e. The molecule has 86 valence electrons. The van der Waals surface area contributed by atoms with Gasteiger partial charge in [0.25, 0.3) is 0 Å². The fourth-order valence-electron chi connectivity index (χ4n) is 1.08. The predicted molar refractivity (Wildman–Crippen MR) is 53.6 cm³/mol. The van der Waals surface area contributed by atoms with Gasteiger partial charge in [0.2, 0.25) is 0 Å². The Morgan fingerprint density at radius 1 is 1.38 bits per heavy atom. The van der Waals surface area contributed by atoms with Crippen LogP contribution >= 0.6 is 0 Å². The number of hydrogen-bond donors (Lipinski definition) is 1. The van der Waals surface area contributed by atoms with Crippen LogP contribution in [0.25, 0.3) is 5.76 Å². The van der Waals surface area contributed by atoms with Gasteiger partial charge >= 0.3 is 5.97 Å². The molecule has 0 fully saturated rings. The van der Waals surface area contributed by atoms with Gasteiger partial charge in [-0.2, -0.15) is 0 Å². The first-order valence-electron chi connectivity index (χ1n) is 4.57. The zero-order valence-electron chi connectivity index (χ0n) is 8.54. The van der Waals surface area contributed by atoms with E-state index in [9.17, 15) is 18.7 Å². The van der Waals surface area contributed by atoms with Crippen molar-refractivity contribution in [2.24, 2.45) is 0 Å². The van der Waals surface area contributed by atoms with Crippen molar-refractivity contribution in [3.63, 3.8) is 0 Å². The molecule has 0 saturated heterocycles. The van der Waals surface area contributed by atoms with Gasteiger partial charge < -0.3 is 9.84 Å². The first-order chi connectivity index (χ1) is 7.52. The van der Waals surface area contributed by atoms with E-state index in [4.69, 9.17) is 0 Å². The Hall–Kier alpha value is -1.91. The molecule has 3 nitrogen and oxygen atoms in total. The molecule has 1 aromatic carbocycles. The predicted octanol–water partition coefficient (Wildman–Crippen LogP) is 2.43. The first-order valence-corrected chi connectivity index (χ1v) is 4.57. The van der Waals surface area contributed by atoms with E-state index in [-0.39, 0.29) is 12.2 Å². The fourth-order valence-corrected chi connectivity index (χ4v) is 1.08. The molecule has 16 heavy (non-hydrogen) atoms. The van der Waals surface area contributed by atoms with Crippen molar-refractivity contribution in [1.82, 2.24) is 0 Å². The Kier molecular flexibility index (Phi) is 3.99. The van der Waals surface area contributed by atoms with E-state index in [0.29, 0.717) is 6.07 Å². The summed E-state index contributed by atoms with van der Waals surface area (Å²) in [5.74, 6) is -2.99. The summed E-state index contributed by atoms with van der Waals surface area (Å²) in [4.78, 5) is 11.0. The summed E-state index contributed by atoms with van der Waals surface area (Å²) in [6, 6.07) is 2.49. The molecule has 0 radical (unpaired) electrons. The van der Waals surface area contributed by atoms with Gasteiger partial charge in [0, 0.05) is 11.6 Å². The van der Waals surface area contributed by atoms with Crippen molar-refractivity contribution in [2.75, 3.05) is 6.61 Å². The molecule has 0 amide bonds. The average Bonchev–Trinajstić information content (AvgIpc) is 2.16. The summed E-state index contributed by atoms with van der Waals surface area (Å²) in [5, 5.41) is 9.39. The van der Waals surface area contributed by atoms with Crippen LogP contribution in [-0.4, -0.2) is 17.7 Å². The highest BCUT2D eigenvalue weighted by molar-refractivity contribution is 5.89. The van der Waals surface area contributed by atoms with Crippen LogP contribution in [0.3, 0.4) is 0 Å². The first kappa shape index (κ1) is 12.2. The number of carbonyl (C=O) groups is 1. The van der Waals surface area contributed by atoms with Gasteiger partial charge in [-0.05, 0) is 19.1 Å². The summed E-state index contributed by atoms with van der Waals surface area (Å²) < 4.78 is 30.1. The third kappa shape index (κ3) is 3.34. The minimum atomic E-state index is -0.834. The highest BCUT2D eigenvalue weighted by Crippen LogP contribution is 2.15. The number of aliphatic hydroxyl groups excluding tert-OH is 1. The number of hydrogen-bond acceptors (Lipinski definition) is 3. The quantitative estimate of drug-likeness (QED) is 0.491. The molecular weight excluding hydrogens is 218 g/mol. The van der Waals surface area contributed by atoms with Crippen LogP contribution in [0.2, 0.25) is 0 Å². The summed E-state index contributed by atoms with van der Waals surface area (Å²) in [6.45, 7) is 1.75. The maximum atomic E-state index is 12.8. The van der Waals surface area contributed by atoms with Crippen molar-refractivity contribution in [3.8, 4) is 0 Å². The van der Waals surface area contributed by atoms with Crippen LogP contribution in [0.4, 0.5) is 8.78 Å². The van der Waals surface area contributed by atoms with Crippen molar-refractivity contribution >= 4 is 11.7 Å². The lowest BCUT2D eigenvalue weighted by Crippen LogP contribution is -2.01. The SMILES string of the molecule is CCOC(=O)C=C(O)c1cc(F)cc(F)c1. The van der Waals surface area contributed by atoms with Gasteiger partial charge in [0.15, 0.2) is 0 Å². The average molecular weight is 228 g/mol. The molecule has 0 unspecified atom stereocenters. The minimum Gasteiger partial charge on any atom is -0.507 e. The molecule has 0 aromatic heterocycles. The number of ether oxygens (including phenoxy) is 1. The Labute approximate surface area is 91.0 Å². The Bertz CT molecular complexity index is 407. The van der Waals surface area contributed by atoms with Crippen molar-refractivity contribution in [1.29, 1.82) is 0 Å². The van der Waals surface area contributed by atoms with Crippen LogP contribution < -0.4 is 0 Å². The molecule has 1 rings (SSSR count). The van der Waals surface area contributed by atoms with Crippen LogP contribution in [0.5, 0.6) is 0 Å². The lowest BCUT2D eigenvalue weighted by atomic mass is 10.1. The van der Waals surface area contributed by atoms with Gasteiger partial charge in [-0.15, -0.1) is 0 Å². The second-order valence-corrected chi connectivity index (χ2v) is 2.94. The molecule has 5 heteroatoms. The zero-order chi connectivity index (χ0) is 12.1. The monoisotopic (exact) mass is 228 g/mol. The van der Waals surface area contributed by atoms with E-state index in [2.05, 4.69) is 4.74 Å². The highest BCUT2D eigenvalue weighted by Gasteiger charge is 2.07. The lowest BCUT2D eigenvalue weighted by molar-refractivity contribution is -0.137. The molecule has 1 aromatic rings. The molecule has 1 N–H and O–H groups in total. The molecule has 0 heterocycles. The minimum absolute atomic E-state index is 0.120. The normalized spacial score (nSPS) is 11.3. The van der Waals surface area contributed by atoms with E-state index in [1.165, 1.54) is 0 Å². The number of rotatable bonds is 3. The molecule has 0 atom stereocenters. The Morgan fingerprint density at radius 2 is 1.94 bits per heavy atom. The van der Waals surface area contributed by atoms with Crippen LogP contribution in [0.1, 0.15) is 12.5 Å². The van der Waals surface area contributed by atoms with E-state index >= 15 is 0 Å². The maximum Gasteiger partial charge on any atom is 0.334 e. The maximum absolute atomic E-state index is 12.8. The van der Waals surface area contributed by atoms with Gasteiger partial charge in [-0.25, -0.2) is 13.6 Å². The molecule has 0 bridgehead atoms. The zero-order valence-corrected chi connectivity index (χ0v) is 8.54. The molecule has 0 aliphatic rings. The second-order valence-electron chi connectivity index (χ2n) is 2.94. The summed E-state index contributed by atoms with van der Waals surface area (Å²) in [6.07, 6.45) is 0.762. The third-order valence-electron chi connectivity index (χ3n) is 1.70. The van der Waals surface area contributed by atoms with E-state index in [1.807, 2.05) is 0 Å². The van der Waals surface area contributed by atoms with Crippen molar-refractivity contribution in [2.45, 2.75) is 6.92 Å².